The van der Waals surface area contributed by atoms with Crippen molar-refractivity contribution in [2.75, 3.05) is 26.6 Å². The monoisotopic (exact) mass is 280 g/mol. The predicted octanol–water partition coefficient (Wildman–Crippen LogP) is 2.41. The molecule has 0 atom stereocenters. The van der Waals surface area contributed by atoms with Gasteiger partial charge in [0.15, 0.2) is 0 Å². The van der Waals surface area contributed by atoms with E-state index in [-0.39, 0.29) is 0 Å². The molecule has 19 heavy (non-hydrogen) atoms. The molecule has 0 saturated heterocycles. The van der Waals surface area contributed by atoms with E-state index in [9.17, 15) is 0 Å². The van der Waals surface area contributed by atoms with Crippen molar-refractivity contribution < 1.29 is 13.9 Å². The number of methoxy groups -OCH3 is 2. The second kappa shape index (κ2) is 7.16. The first kappa shape index (κ1) is 13.9. The lowest BCUT2D eigenvalue weighted by atomic mass is 10.1. The third kappa shape index (κ3) is 4.25. The SMILES string of the molecule is COCCSc1nnc(Cc2cccc(OC)c2)o1. The van der Waals surface area contributed by atoms with Crippen LogP contribution in [0.15, 0.2) is 33.9 Å². The Labute approximate surface area is 116 Å². The van der Waals surface area contributed by atoms with Crippen LogP contribution in [0.3, 0.4) is 0 Å². The standard InChI is InChI=1S/C13H16N2O3S/c1-16-6-7-19-13-15-14-12(18-13)9-10-4-3-5-11(8-10)17-2/h3-5,8H,6-7,9H2,1-2H3. The summed E-state index contributed by atoms with van der Waals surface area (Å²) in [7, 11) is 3.32. The Bertz CT molecular complexity index is 516. The first-order chi connectivity index (χ1) is 9.31. The van der Waals surface area contributed by atoms with Crippen LogP contribution in [0.5, 0.6) is 5.75 Å². The molecule has 2 rings (SSSR count). The van der Waals surface area contributed by atoms with Gasteiger partial charge in [-0.1, -0.05) is 23.9 Å². The molecule has 0 amide bonds. The largest absolute Gasteiger partial charge is 0.497 e. The van der Waals surface area contributed by atoms with Crippen LogP contribution in [0, 0.1) is 0 Å². The van der Waals surface area contributed by atoms with Crippen molar-refractivity contribution in [1.82, 2.24) is 10.2 Å². The molecule has 0 saturated carbocycles. The van der Waals surface area contributed by atoms with E-state index in [0.29, 0.717) is 24.1 Å². The van der Waals surface area contributed by atoms with Gasteiger partial charge in [-0.3, -0.25) is 0 Å². The topological polar surface area (TPSA) is 57.4 Å². The Morgan fingerprint density at radius 1 is 1.26 bits per heavy atom. The average molecular weight is 280 g/mol. The number of rotatable bonds is 7. The van der Waals surface area contributed by atoms with Crippen LogP contribution < -0.4 is 4.74 Å². The molecule has 2 aromatic rings. The van der Waals surface area contributed by atoms with Crippen LogP contribution in [-0.2, 0) is 11.2 Å². The molecule has 0 radical (unpaired) electrons. The molecule has 1 aromatic heterocycles. The summed E-state index contributed by atoms with van der Waals surface area (Å²) in [4.78, 5) is 0. The molecule has 102 valence electrons. The van der Waals surface area contributed by atoms with Crippen LogP contribution in [0.25, 0.3) is 0 Å². The van der Waals surface area contributed by atoms with Gasteiger partial charge in [0.1, 0.15) is 5.75 Å². The van der Waals surface area contributed by atoms with Crippen molar-refractivity contribution in [3.63, 3.8) is 0 Å². The molecular weight excluding hydrogens is 264 g/mol. The van der Waals surface area contributed by atoms with Gasteiger partial charge < -0.3 is 13.9 Å². The minimum atomic E-state index is 0.579. The molecule has 0 aliphatic rings. The smallest absolute Gasteiger partial charge is 0.276 e. The van der Waals surface area contributed by atoms with Gasteiger partial charge in [-0.15, -0.1) is 10.2 Å². The highest BCUT2D eigenvalue weighted by Crippen LogP contribution is 2.19. The number of thioether (sulfide) groups is 1. The Hall–Kier alpha value is -1.53. The van der Waals surface area contributed by atoms with Crippen LogP contribution in [0.1, 0.15) is 11.5 Å². The zero-order chi connectivity index (χ0) is 13.5. The quantitative estimate of drug-likeness (QED) is 0.573. The minimum Gasteiger partial charge on any atom is -0.497 e. The molecule has 0 spiro atoms. The van der Waals surface area contributed by atoms with Gasteiger partial charge in [-0.05, 0) is 17.7 Å². The zero-order valence-corrected chi connectivity index (χ0v) is 11.8. The highest BCUT2D eigenvalue weighted by molar-refractivity contribution is 7.99. The van der Waals surface area contributed by atoms with E-state index in [4.69, 9.17) is 13.9 Å². The minimum absolute atomic E-state index is 0.579. The first-order valence-electron chi connectivity index (χ1n) is 5.89. The van der Waals surface area contributed by atoms with E-state index in [1.165, 1.54) is 11.8 Å². The zero-order valence-electron chi connectivity index (χ0n) is 11.0. The Kier molecular flexibility index (Phi) is 5.23. The van der Waals surface area contributed by atoms with Gasteiger partial charge in [-0.25, -0.2) is 0 Å². The summed E-state index contributed by atoms with van der Waals surface area (Å²) in [6.45, 7) is 0.665. The van der Waals surface area contributed by atoms with Gasteiger partial charge in [0.2, 0.25) is 5.89 Å². The van der Waals surface area contributed by atoms with Gasteiger partial charge >= 0.3 is 0 Å². The summed E-state index contributed by atoms with van der Waals surface area (Å²) in [5.41, 5.74) is 1.08. The van der Waals surface area contributed by atoms with E-state index >= 15 is 0 Å². The number of ether oxygens (including phenoxy) is 2. The number of benzene rings is 1. The van der Waals surface area contributed by atoms with E-state index in [1.54, 1.807) is 14.2 Å². The van der Waals surface area contributed by atoms with E-state index < -0.39 is 0 Å². The van der Waals surface area contributed by atoms with Crippen molar-refractivity contribution >= 4 is 11.8 Å². The summed E-state index contributed by atoms with van der Waals surface area (Å²) in [6, 6.07) is 7.81. The van der Waals surface area contributed by atoms with Crippen molar-refractivity contribution in [2.24, 2.45) is 0 Å². The van der Waals surface area contributed by atoms with E-state index in [2.05, 4.69) is 10.2 Å². The molecule has 1 heterocycles. The average Bonchev–Trinajstić information content (AvgIpc) is 2.87. The molecule has 1 aromatic carbocycles. The second-order valence-corrected chi connectivity index (χ2v) is 4.88. The number of nitrogens with zero attached hydrogens (tertiary/aromatic N) is 2. The van der Waals surface area contributed by atoms with Gasteiger partial charge in [-0.2, -0.15) is 0 Å². The molecule has 0 aliphatic carbocycles. The maximum Gasteiger partial charge on any atom is 0.276 e. The van der Waals surface area contributed by atoms with Gasteiger partial charge in [0.25, 0.3) is 5.22 Å². The third-order valence-electron chi connectivity index (χ3n) is 2.45. The Morgan fingerprint density at radius 2 is 2.16 bits per heavy atom. The fourth-order valence-electron chi connectivity index (χ4n) is 1.54. The summed E-state index contributed by atoms with van der Waals surface area (Å²) >= 11 is 1.49. The molecule has 0 unspecified atom stereocenters. The summed E-state index contributed by atoms with van der Waals surface area (Å²) < 4.78 is 15.7. The molecular formula is C13H16N2O3S. The molecule has 5 nitrogen and oxygen atoms in total. The summed E-state index contributed by atoms with van der Waals surface area (Å²) in [5, 5.41) is 8.59. The lowest BCUT2D eigenvalue weighted by Crippen LogP contribution is -1.90. The van der Waals surface area contributed by atoms with Crippen LogP contribution in [-0.4, -0.2) is 36.8 Å². The molecule has 6 heteroatoms. The summed E-state index contributed by atoms with van der Waals surface area (Å²) in [5.74, 6) is 2.23. The van der Waals surface area contributed by atoms with Gasteiger partial charge in [0, 0.05) is 12.9 Å². The Balaban J connectivity index is 1.95. The fourth-order valence-corrected chi connectivity index (χ4v) is 2.22. The van der Waals surface area contributed by atoms with Crippen molar-refractivity contribution in [2.45, 2.75) is 11.6 Å². The fraction of sp³-hybridized carbons (Fsp3) is 0.385. The van der Waals surface area contributed by atoms with E-state index in [1.807, 2.05) is 24.3 Å². The maximum absolute atomic E-state index is 5.55. The van der Waals surface area contributed by atoms with Crippen molar-refractivity contribution in [3.8, 4) is 5.75 Å². The van der Waals surface area contributed by atoms with Gasteiger partial charge in [0.05, 0.1) is 20.1 Å². The highest BCUT2D eigenvalue weighted by atomic mass is 32.2. The maximum atomic E-state index is 5.55. The van der Waals surface area contributed by atoms with Crippen LogP contribution in [0.2, 0.25) is 0 Å². The number of aromatic nitrogens is 2. The molecule has 0 aliphatic heterocycles. The molecule has 0 N–H and O–H groups in total. The Morgan fingerprint density at radius 3 is 2.95 bits per heavy atom. The number of hydrogen-bond acceptors (Lipinski definition) is 6. The second-order valence-electron chi connectivity index (χ2n) is 3.83. The molecule has 0 bridgehead atoms. The predicted molar refractivity (Wildman–Crippen MR) is 72.7 cm³/mol. The lowest BCUT2D eigenvalue weighted by Gasteiger charge is -2.01. The van der Waals surface area contributed by atoms with Crippen molar-refractivity contribution in [1.29, 1.82) is 0 Å². The third-order valence-corrected chi connectivity index (χ3v) is 3.23. The highest BCUT2D eigenvalue weighted by Gasteiger charge is 2.07. The summed E-state index contributed by atoms with van der Waals surface area (Å²) in [6.07, 6.45) is 0.606. The van der Waals surface area contributed by atoms with E-state index in [0.717, 1.165) is 17.1 Å². The number of hydrogen-bond donors (Lipinski definition) is 0. The lowest BCUT2D eigenvalue weighted by molar-refractivity contribution is 0.218. The van der Waals surface area contributed by atoms with Crippen LogP contribution in [0.4, 0.5) is 0 Å². The molecule has 0 fully saturated rings. The normalized spacial score (nSPS) is 10.6. The van der Waals surface area contributed by atoms with Crippen LogP contribution >= 0.6 is 11.8 Å². The first-order valence-corrected chi connectivity index (χ1v) is 6.87. The van der Waals surface area contributed by atoms with Crippen molar-refractivity contribution in [3.05, 3.63) is 35.7 Å².